The van der Waals surface area contributed by atoms with Gasteiger partial charge in [0.1, 0.15) is 0 Å². The van der Waals surface area contributed by atoms with Gasteiger partial charge in [-0.15, -0.1) is 0 Å². The molecule has 0 bridgehead atoms. The van der Waals surface area contributed by atoms with Crippen molar-refractivity contribution in [3.05, 3.63) is 0 Å². The van der Waals surface area contributed by atoms with Gasteiger partial charge in [0.25, 0.3) is 0 Å². The van der Waals surface area contributed by atoms with Crippen LogP contribution in [-0.4, -0.2) is 80.4 Å². The molecule has 0 rings (SSSR count). The van der Waals surface area contributed by atoms with Crippen molar-refractivity contribution in [2.75, 3.05) is 27.8 Å². The highest BCUT2D eigenvalue weighted by Gasteiger charge is 2.86. The second-order valence-electron chi connectivity index (χ2n) is 9.69. The molecule has 0 heterocycles. The summed E-state index contributed by atoms with van der Waals surface area (Å²) in [7, 11) is 3.82. The molecule has 2 atom stereocenters. The Labute approximate surface area is 261 Å². The van der Waals surface area contributed by atoms with Gasteiger partial charge in [-0.25, -0.2) is 0 Å². The van der Waals surface area contributed by atoms with Gasteiger partial charge in [-0.1, -0.05) is 51.5 Å². The molecule has 0 aromatic rings. The van der Waals surface area contributed by atoms with E-state index in [9.17, 15) is 62.7 Å². The fraction of sp³-hybridized carbons (Fsp3) is 0.893. The summed E-state index contributed by atoms with van der Waals surface area (Å²) in [5.74, 6) is -33.4. The molecule has 0 fully saturated rings. The fourth-order valence-corrected chi connectivity index (χ4v) is 3.54. The number of carbonyl (C=O) groups excluding carboxylic acids is 3. The molecule has 0 aliphatic rings. The highest BCUT2D eigenvalue weighted by Crippen LogP contribution is 2.57. The van der Waals surface area contributed by atoms with E-state index in [0.717, 1.165) is 12.0 Å². The third-order valence-corrected chi connectivity index (χ3v) is 5.94. The summed E-state index contributed by atoms with van der Waals surface area (Å²) in [6, 6.07) is 0. The Morgan fingerprint density at radius 2 is 1.13 bits per heavy atom. The summed E-state index contributed by atoms with van der Waals surface area (Å²) in [5.41, 5.74) is -1.23. The summed E-state index contributed by atoms with van der Waals surface area (Å²) in [6.45, 7) is 2.51. The molecule has 17 heteroatoms. The summed E-state index contributed by atoms with van der Waals surface area (Å²) < 4.78 is 153. The first-order valence-corrected chi connectivity index (χ1v) is 11.3. The van der Waals surface area contributed by atoms with E-state index in [1.165, 1.54) is 34.9 Å². The van der Waals surface area contributed by atoms with Crippen LogP contribution in [0.3, 0.4) is 0 Å². The predicted octanol–water partition coefficient (Wildman–Crippen LogP) is 9.55. The summed E-state index contributed by atoms with van der Waals surface area (Å²) in [5, 5.41) is 0. The Hall–Kier alpha value is -2.36. The number of nitrogens with zero attached hydrogens (tertiary/aromatic N) is 1. The quantitative estimate of drug-likeness (QED) is 0.134. The third kappa shape index (κ3) is 12.7. The van der Waals surface area contributed by atoms with Crippen molar-refractivity contribution in [3.8, 4) is 0 Å². The summed E-state index contributed by atoms with van der Waals surface area (Å²) >= 11 is 0. The van der Waals surface area contributed by atoms with E-state index in [0.29, 0.717) is 0 Å². The molecule has 6 nitrogen and oxygen atoms in total. The largest absolute Gasteiger partial charge is 0.469 e. The standard InChI is InChI=1S/C22H30F11NO5.6CH4/c1-7-12(10-13(14(35)34(4)5)11-17(2,3)16(37)38-6)15(36)39-9-8-18(23,24)19(25,26)20(27,28)21(29,30)22(31,32)33;;;;;;/h12-13H,7-11H2,1-6H3;6*1H4. The maximum atomic E-state index is 13.8. The molecule has 0 spiro atoms. The fourth-order valence-electron chi connectivity index (χ4n) is 3.54. The van der Waals surface area contributed by atoms with Gasteiger partial charge in [0.2, 0.25) is 5.91 Å². The Morgan fingerprint density at radius 1 is 0.711 bits per heavy atom. The van der Waals surface area contributed by atoms with E-state index < -0.39 is 78.0 Å². The number of methoxy groups -OCH3 is 1. The molecule has 0 saturated heterocycles. The van der Waals surface area contributed by atoms with Crippen LogP contribution in [0, 0.1) is 17.3 Å². The number of rotatable bonds is 14. The number of carbonyl (C=O) groups is 3. The maximum Gasteiger partial charge on any atom is 0.460 e. The van der Waals surface area contributed by atoms with Crippen LogP contribution in [0.1, 0.15) is 91.0 Å². The van der Waals surface area contributed by atoms with Crippen molar-refractivity contribution in [1.82, 2.24) is 4.90 Å². The first-order chi connectivity index (χ1) is 17.2. The van der Waals surface area contributed by atoms with Crippen LogP contribution in [0.5, 0.6) is 0 Å². The molecular formula is C28H54F11NO5. The van der Waals surface area contributed by atoms with E-state index in [-0.39, 0.29) is 63.8 Å². The molecule has 1 amide bonds. The van der Waals surface area contributed by atoms with Crippen LogP contribution in [0.25, 0.3) is 0 Å². The van der Waals surface area contributed by atoms with Crippen molar-refractivity contribution in [3.63, 3.8) is 0 Å². The number of halogens is 11. The molecule has 2 unspecified atom stereocenters. The van der Waals surface area contributed by atoms with Crippen LogP contribution in [0.15, 0.2) is 0 Å². The van der Waals surface area contributed by atoms with E-state index in [2.05, 4.69) is 9.47 Å². The third-order valence-electron chi connectivity index (χ3n) is 5.94. The number of alkyl halides is 11. The van der Waals surface area contributed by atoms with Gasteiger partial charge >= 0.3 is 41.8 Å². The van der Waals surface area contributed by atoms with Crippen molar-refractivity contribution in [2.45, 2.75) is 121 Å². The van der Waals surface area contributed by atoms with E-state index in [1.54, 1.807) is 0 Å². The second kappa shape index (κ2) is 20.0. The molecule has 278 valence electrons. The van der Waals surface area contributed by atoms with Gasteiger partial charge in [0.05, 0.1) is 31.5 Å². The number of amides is 1. The van der Waals surface area contributed by atoms with Crippen LogP contribution in [-0.2, 0) is 23.9 Å². The first kappa shape index (κ1) is 58.2. The van der Waals surface area contributed by atoms with Crippen LogP contribution < -0.4 is 0 Å². The molecule has 0 aromatic heterocycles. The minimum atomic E-state index is -7.55. The zero-order valence-corrected chi connectivity index (χ0v) is 21.8. The molecular weight excluding hydrogens is 639 g/mol. The zero-order valence-electron chi connectivity index (χ0n) is 21.8. The number of ether oxygens (including phenoxy) is 2. The van der Waals surface area contributed by atoms with Gasteiger partial charge in [-0.2, -0.15) is 48.3 Å². The lowest BCUT2D eigenvalue weighted by Gasteiger charge is -2.37. The number of esters is 2. The molecule has 0 aliphatic heterocycles. The van der Waals surface area contributed by atoms with Crippen molar-refractivity contribution >= 4 is 17.8 Å². The monoisotopic (exact) mass is 693 g/mol. The van der Waals surface area contributed by atoms with Crippen LogP contribution in [0.2, 0.25) is 0 Å². The molecule has 0 radical (unpaired) electrons. The lowest BCUT2D eigenvalue weighted by molar-refractivity contribution is -0.422. The van der Waals surface area contributed by atoms with Gasteiger partial charge < -0.3 is 14.4 Å². The highest BCUT2D eigenvalue weighted by atomic mass is 19.4. The second-order valence-corrected chi connectivity index (χ2v) is 9.69. The van der Waals surface area contributed by atoms with Gasteiger partial charge in [0.15, 0.2) is 0 Å². The van der Waals surface area contributed by atoms with Gasteiger partial charge in [0, 0.05) is 20.0 Å². The first-order valence-electron chi connectivity index (χ1n) is 11.3. The lowest BCUT2D eigenvalue weighted by Crippen LogP contribution is -2.66. The average Bonchev–Trinajstić information content (AvgIpc) is 2.78. The average molecular weight is 694 g/mol. The summed E-state index contributed by atoms with van der Waals surface area (Å²) in [6.07, 6.45) is -10.4. The minimum absolute atomic E-state index is 0. The van der Waals surface area contributed by atoms with Crippen molar-refractivity contribution in [1.29, 1.82) is 0 Å². The smallest absolute Gasteiger partial charge is 0.460 e. The topological polar surface area (TPSA) is 72.9 Å². The normalized spacial score (nSPS) is 13.4. The van der Waals surface area contributed by atoms with Gasteiger partial charge in [-0.05, 0) is 33.1 Å². The van der Waals surface area contributed by atoms with Gasteiger partial charge in [-0.3, -0.25) is 14.4 Å². The molecule has 0 saturated carbocycles. The number of hydrogen-bond acceptors (Lipinski definition) is 5. The SMILES string of the molecule is C.C.C.C.C.C.CCC(CC(CC(C)(C)C(=O)OC)C(=O)N(C)C)C(=O)OCCC(F)(F)C(F)(F)C(F)(F)C(F)(F)C(F)(F)F. The lowest BCUT2D eigenvalue weighted by atomic mass is 9.78. The number of hydrogen-bond donors (Lipinski definition) is 0. The highest BCUT2D eigenvalue weighted by molar-refractivity contribution is 5.82. The van der Waals surface area contributed by atoms with E-state index in [1.807, 2.05) is 0 Å². The zero-order chi connectivity index (χ0) is 31.4. The Balaban J connectivity index is -0.000000481. The maximum absolute atomic E-state index is 13.8. The Kier molecular flexibility index (Phi) is 25.9. The molecule has 0 aromatic carbocycles. The molecule has 0 aliphatic carbocycles. The predicted molar refractivity (Wildman–Crippen MR) is 153 cm³/mol. The van der Waals surface area contributed by atoms with Crippen LogP contribution >= 0.6 is 0 Å². The van der Waals surface area contributed by atoms with Crippen molar-refractivity contribution < 1.29 is 72.2 Å². The minimum Gasteiger partial charge on any atom is -0.469 e. The molecule has 0 N–H and O–H groups in total. The Morgan fingerprint density at radius 3 is 1.47 bits per heavy atom. The summed E-state index contributed by atoms with van der Waals surface area (Å²) in [4.78, 5) is 38.2. The molecule has 45 heavy (non-hydrogen) atoms. The van der Waals surface area contributed by atoms with Crippen LogP contribution in [0.4, 0.5) is 48.3 Å². The Bertz CT molecular complexity index is 877. The van der Waals surface area contributed by atoms with E-state index in [4.69, 9.17) is 0 Å². The van der Waals surface area contributed by atoms with Crippen molar-refractivity contribution in [2.24, 2.45) is 17.3 Å². The van der Waals surface area contributed by atoms with E-state index >= 15 is 0 Å².